The number of amides is 1. The van der Waals surface area contributed by atoms with Crippen molar-refractivity contribution in [2.75, 3.05) is 6.54 Å². The molecule has 1 aromatic rings. The topological polar surface area (TPSA) is 88.5 Å². The molecule has 92 valence electrons. The summed E-state index contributed by atoms with van der Waals surface area (Å²) in [4.78, 5) is 25.6. The molecule has 0 spiro atoms. The predicted octanol–water partition coefficient (Wildman–Crippen LogP) is 0.683. The molecular formula is C11H14N2O4. The molecule has 0 fully saturated rings. The number of carbonyl (C=O) groups excluding carboxylic acids is 1. The van der Waals surface area contributed by atoms with Crippen molar-refractivity contribution in [2.45, 2.75) is 20.0 Å². The molecule has 1 heterocycles. The Labute approximate surface area is 98.6 Å². The van der Waals surface area contributed by atoms with E-state index in [1.54, 1.807) is 6.92 Å². The van der Waals surface area contributed by atoms with Crippen molar-refractivity contribution in [3.05, 3.63) is 24.0 Å². The van der Waals surface area contributed by atoms with E-state index in [0.29, 0.717) is 12.3 Å². The van der Waals surface area contributed by atoms with Gasteiger partial charge in [-0.1, -0.05) is 0 Å². The third-order valence-electron chi connectivity index (χ3n) is 1.99. The number of aromatic nitrogens is 1. The summed E-state index contributed by atoms with van der Waals surface area (Å²) >= 11 is 0. The van der Waals surface area contributed by atoms with Crippen LogP contribution in [0.4, 0.5) is 0 Å². The van der Waals surface area contributed by atoms with Crippen LogP contribution in [-0.4, -0.2) is 34.6 Å². The molecule has 0 radical (unpaired) electrons. The third kappa shape index (κ3) is 3.75. The molecule has 1 rings (SSSR count). The minimum Gasteiger partial charge on any atom is -0.479 e. The normalized spacial score (nSPS) is 11.6. The van der Waals surface area contributed by atoms with Crippen LogP contribution in [0.1, 0.15) is 24.3 Å². The molecule has 1 aromatic heterocycles. The zero-order valence-corrected chi connectivity index (χ0v) is 9.64. The van der Waals surface area contributed by atoms with Gasteiger partial charge in [0.25, 0.3) is 5.91 Å². The minimum atomic E-state index is -1.10. The van der Waals surface area contributed by atoms with E-state index in [4.69, 9.17) is 9.84 Å². The van der Waals surface area contributed by atoms with Crippen LogP contribution in [0.25, 0.3) is 0 Å². The van der Waals surface area contributed by atoms with Crippen LogP contribution in [0.2, 0.25) is 0 Å². The number of nitrogens with one attached hydrogen (secondary N) is 1. The zero-order valence-electron chi connectivity index (χ0n) is 9.64. The highest BCUT2D eigenvalue weighted by Crippen LogP contribution is 2.11. The molecule has 17 heavy (non-hydrogen) atoms. The van der Waals surface area contributed by atoms with Gasteiger partial charge >= 0.3 is 5.97 Å². The van der Waals surface area contributed by atoms with Crippen LogP contribution in [0, 0.1) is 0 Å². The van der Waals surface area contributed by atoms with Crippen molar-refractivity contribution < 1.29 is 19.4 Å². The number of carboxylic acids is 1. The number of hydrogen-bond donors (Lipinski definition) is 2. The van der Waals surface area contributed by atoms with Gasteiger partial charge in [0, 0.05) is 6.54 Å². The summed E-state index contributed by atoms with van der Waals surface area (Å²) in [6.45, 7) is 3.95. The van der Waals surface area contributed by atoms with Gasteiger partial charge in [0.2, 0.25) is 0 Å². The summed E-state index contributed by atoms with van der Waals surface area (Å²) in [5.41, 5.74) is -0.0667. The van der Waals surface area contributed by atoms with Crippen molar-refractivity contribution in [1.29, 1.82) is 0 Å². The third-order valence-corrected chi connectivity index (χ3v) is 1.99. The van der Waals surface area contributed by atoms with Gasteiger partial charge in [0.1, 0.15) is 11.4 Å². The molecule has 0 bridgehead atoms. The lowest BCUT2D eigenvalue weighted by Gasteiger charge is -2.13. The average molecular weight is 238 g/mol. The smallest absolute Gasteiger partial charge is 0.354 e. The first-order valence-electron chi connectivity index (χ1n) is 5.18. The van der Waals surface area contributed by atoms with E-state index >= 15 is 0 Å². The van der Waals surface area contributed by atoms with Crippen LogP contribution in [0.15, 0.2) is 18.3 Å². The zero-order chi connectivity index (χ0) is 12.8. The summed E-state index contributed by atoms with van der Waals surface area (Å²) in [7, 11) is 0. The number of hydrogen-bond acceptors (Lipinski definition) is 4. The molecule has 0 saturated carbocycles. The summed E-state index contributed by atoms with van der Waals surface area (Å²) in [5.74, 6) is -0.975. The van der Waals surface area contributed by atoms with Gasteiger partial charge in [-0.15, -0.1) is 0 Å². The van der Waals surface area contributed by atoms with Gasteiger partial charge in [-0.25, -0.2) is 9.78 Å². The van der Waals surface area contributed by atoms with Crippen molar-refractivity contribution in [1.82, 2.24) is 10.3 Å². The average Bonchev–Trinajstić information content (AvgIpc) is 2.30. The van der Waals surface area contributed by atoms with Crippen molar-refractivity contribution >= 4 is 11.9 Å². The van der Waals surface area contributed by atoms with Gasteiger partial charge < -0.3 is 15.2 Å². The molecule has 0 aliphatic rings. The SMILES string of the molecule is CCNC(=O)C(C)Oc1ccc(C(=O)O)nc1. The number of nitrogens with zero attached hydrogens (tertiary/aromatic N) is 1. The second-order valence-corrected chi connectivity index (χ2v) is 3.34. The molecule has 2 N–H and O–H groups in total. The van der Waals surface area contributed by atoms with Gasteiger partial charge in [0.15, 0.2) is 6.10 Å². The largest absolute Gasteiger partial charge is 0.479 e. The van der Waals surface area contributed by atoms with E-state index in [2.05, 4.69) is 10.3 Å². The van der Waals surface area contributed by atoms with Gasteiger partial charge in [-0.05, 0) is 26.0 Å². The van der Waals surface area contributed by atoms with Gasteiger partial charge in [0.05, 0.1) is 6.20 Å². The Morgan fingerprint density at radius 3 is 2.71 bits per heavy atom. The van der Waals surface area contributed by atoms with Crippen LogP contribution in [0.3, 0.4) is 0 Å². The summed E-state index contributed by atoms with van der Waals surface area (Å²) in [6, 6.07) is 2.79. The molecule has 1 unspecified atom stereocenters. The molecular weight excluding hydrogens is 224 g/mol. The molecule has 0 aromatic carbocycles. The maximum Gasteiger partial charge on any atom is 0.354 e. The Morgan fingerprint density at radius 1 is 1.53 bits per heavy atom. The number of pyridine rings is 1. The summed E-state index contributed by atoms with van der Waals surface area (Å²) in [5, 5.41) is 11.3. The lowest BCUT2D eigenvalue weighted by Crippen LogP contribution is -2.36. The van der Waals surface area contributed by atoms with Crippen LogP contribution >= 0.6 is 0 Å². The highest BCUT2D eigenvalue weighted by Gasteiger charge is 2.13. The van der Waals surface area contributed by atoms with Gasteiger partial charge in [-0.2, -0.15) is 0 Å². The molecule has 6 heteroatoms. The molecule has 6 nitrogen and oxygen atoms in total. The first-order chi connectivity index (χ1) is 8.04. The van der Waals surface area contributed by atoms with Crippen molar-refractivity contribution in [3.63, 3.8) is 0 Å². The Balaban J connectivity index is 2.63. The molecule has 1 atom stereocenters. The fourth-order valence-corrected chi connectivity index (χ4v) is 1.15. The lowest BCUT2D eigenvalue weighted by atomic mass is 10.3. The van der Waals surface area contributed by atoms with Gasteiger partial charge in [-0.3, -0.25) is 4.79 Å². The number of ether oxygens (including phenoxy) is 1. The fraction of sp³-hybridized carbons (Fsp3) is 0.364. The second-order valence-electron chi connectivity index (χ2n) is 3.34. The number of carboxylic acid groups (broad SMARTS) is 1. The standard InChI is InChI=1S/C11H14N2O4/c1-3-12-10(14)7(2)17-8-4-5-9(11(15)16)13-6-8/h4-7H,3H2,1-2H3,(H,12,14)(H,15,16). The predicted molar refractivity (Wildman–Crippen MR) is 60.0 cm³/mol. The van der Waals surface area contributed by atoms with E-state index in [-0.39, 0.29) is 11.6 Å². The van der Waals surface area contributed by atoms with Crippen LogP contribution < -0.4 is 10.1 Å². The number of rotatable bonds is 5. The number of carbonyl (C=O) groups is 2. The highest BCUT2D eigenvalue weighted by molar-refractivity contribution is 5.85. The molecule has 0 saturated heterocycles. The Morgan fingerprint density at radius 2 is 2.24 bits per heavy atom. The van der Waals surface area contributed by atoms with Crippen molar-refractivity contribution in [3.8, 4) is 5.75 Å². The van der Waals surface area contributed by atoms with E-state index < -0.39 is 12.1 Å². The van der Waals surface area contributed by atoms with E-state index in [1.165, 1.54) is 18.3 Å². The quantitative estimate of drug-likeness (QED) is 0.787. The highest BCUT2D eigenvalue weighted by atomic mass is 16.5. The summed E-state index contributed by atoms with van der Waals surface area (Å²) < 4.78 is 5.30. The van der Waals surface area contributed by atoms with Crippen LogP contribution in [0.5, 0.6) is 5.75 Å². The van der Waals surface area contributed by atoms with E-state index in [9.17, 15) is 9.59 Å². The first-order valence-corrected chi connectivity index (χ1v) is 5.18. The summed E-state index contributed by atoms with van der Waals surface area (Å²) in [6.07, 6.45) is 0.631. The monoisotopic (exact) mass is 238 g/mol. The fourth-order valence-electron chi connectivity index (χ4n) is 1.15. The van der Waals surface area contributed by atoms with Crippen LogP contribution in [-0.2, 0) is 4.79 Å². The van der Waals surface area contributed by atoms with Crippen molar-refractivity contribution in [2.24, 2.45) is 0 Å². The second kappa shape index (κ2) is 5.83. The maximum absolute atomic E-state index is 11.4. The number of aromatic carboxylic acids is 1. The Kier molecular flexibility index (Phi) is 4.45. The molecule has 0 aliphatic heterocycles. The molecule has 0 aliphatic carbocycles. The lowest BCUT2D eigenvalue weighted by molar-refractivity contribution is -0.127. The number of likely N-dealkylation sites (N-methyl/N-ethyl adjacent to an activating group) is 1. The Bertz CT molecular complexity index is 402. The van der Waals surface area contributed by atoms with E-state index in [0.717, 1.165) is 0 Å². The maximum atomic E-state index is 11.4. The Hall–Kier alpha value is -2.11. The molecule has 1 amide bonds. The minimum absolute atomic E-state index is 0.0667. The first kappa shape index (κ1) is 13.0. The van der Waals surface area contributed by atoms with E-state index in [1.807, 2.05) is 6.92 Å².